The van der Waals surface area contributed by atoms with Crippen LogP contribution >= 0.6 is 11.3 Å². The number of rotatable bonds is 3. The first kappa shape index (κ1) is 14.2. The molecule has 0 aliphatic heterocycles. The molecule has 5 nitrogen and oxygen atoms in total. The van der Waals surface area contributed by atoms with Gasteiger partial charge in [-0.25, -0.2) is 4.98 Å². The molecule has 0 saturated carbocycles. The lowest BCUT2D eigenvalue weighted by Gasteiger charge is -2.13. The quantitative estimate of drug-likeness (QED) is 0.851. The summed E-state index contributed by atoms with van der Waals surface area (Å²) in [4.78, 5) is 27.6. The molecule has 2 N–H and O–H groups in total. The van der Waals surface area contributed by atoms with Crippen LogP contribution in [0.3, 0.4) is 0 Å². The lowest BCUT2D eigenvalue weighted by Crippen LogP contribution is -2.36. The average molecular weight is 289 g/mol. The molecule has 0 aliphatic rings. The first-order valence-electron chi connectivity index (χ1n) is 6.15. The van der Waals surface area contributed by atoms with Crippen molar-refractivity contribution < 1.29 is 9.59 Å². The van der Waals surface area contributed by atoms with Crippen LogP contribution in [0.5, 0.6) is 0 Å². The van der Waals surface area contributed by atoms with Crippen LogP contribution in [0.4, 0.5) is 5.13 Å². The number of amides is 2. The number of hydrogen-bond donors (Lipinski definition) is 2. The Morgan fingerprint density at radius 1 is 1.20 bits per heavy atom. The van der Waals surface area contributed by atoms with Crippen molar-refractivity contribution in [3.8, 4) is 0 Å². The summed E-state index contributed by atoms with van der Waals surface area (Å²) in [5, 5.41) is 7.36. The zero-order chi connectivity index (χ0) is 14.5. The van der Waals surface area contributed by atoms with E-state index >= 15 is 0 Å². The number of benzene rings is 1. The van der Waals surface area contributed by atoms with Gasteiger partial charge in [-0.05, 0) is 19.4 Å². The summed E-state index contributed by atoms with van der Waals surface area (Å²) >= 11 is 1.29. The SMILES string of the molecule is Cc1csc(NC(=O)C(=O)NC(C)c2ccccc2)n1. The highest BCUT2D eigenvalue weighted by Gasteiger charge is 2.18. The lowest BCUT2D eigenvalue weighted by atomic mass is 10.1. The second kappa shape index (κ2) is 6.29. The molecule has 0 saturated heterocycles. The Morgan fingerprint density at radius 2 is 1.90 bits per heavy atom. The summed E-state index contributed by atoms with van der Waals surface area (Å²) < 4.78 is 0. The number of thiazole rings is 1. The topological polar surface area (TPSA) is 71.1 Å². The first-order chi connectivity index (χ1) is 9.56. The summed E-state index contributed by atoms with van der Waals surface area (Å²) in [7, 11) is 0. The minimum absolute atomic E-state index is 0.229. The van der Waals surface area contributed by atoms with Crippen LogP contribution in [-0.4, -0.2) is 16.8 Å². The molecule has 20 heavy (non-hydrogen) atoms. The number of aromatic nitrogens is 1. The number of carbonyl (C=O) groups is 2. The number of hydrogen-bond acceptors (Lipinski definition) is 4. The van der Waals surface area contributed by atoms with E-state index < -0.39 is 11.8 Å². The molecular formula is C14H15N3O2S. The Morgan fingerprint density at radius 3 is 2.50 bits per heavy atom. The van der Waals surface area contributed by atoms with Gasteiger partial charge in [0.05, 0.1) is 11.7 Å². The highest BCUT2D eigenvalue weighted by molar-refractivity contribution is 7.14. The predicted octanol–water partition coefficient (Wildman–Crippen LogP) is 2.27. The van der Waals surface area contributed by atoms with E-state index in [2.05, 4.69) is 15.6 Å². The van der Waals surface area contributed by atoms with E-state index in [9.17, 15) is 9.59 Å². The Bertz CT molecular complexity index is 610. The van der Waals surface area contributed by atoms with Crippen LogP contribution in [0.25, 0.3) is 0 Å². The molecule has 2 aromatic rings. The molecule has 2 rings (SSSR count). The van der Waals surface area contributed by atoms with E-state index in [4.69, 9.17) is 0 Å². The maximum absolute atomic E-state index is 11.8. The van der Waals surface area contributed by atoms with Gasteiger partial charge in [-0.2, -0.15) is 0 Å². The van der Waals surface area contributed by atoms with Crippen molar-refractivity contribution >= 4 is 28.3 Å². The van der Waals surface area contributed by atoms with Gasteiger partial charge in [0, 0.05) is 5.38 Å². The van der Waals surface area contributed by atoms with Crippen molar-refractivity contribution in [1.29, 1.82) is 0 Å². The summed E-state index contributed by atoms with van der Waals surface area (Å²) in [5.74, 6) is -1.38. The third kappa shape index (κ3) is 3.64. The van der Waals surface area contributed by atoms with E-state index in [1.807, 2.05) is 44.2 Å². The molecule has 6 heteroatoms. The minimum atomic E-state index is -0.706. The fourth-order valence-corrected chi connectivity index (χ4v) is 2.34. The summed E-state index contributed by atoms with van der Waals surface area (Å²) in [5.41, 5.74) is 1.75. The second-order valence-corrected chi connectivity index (χ2v) is 5.21. The van der Waals surface area contributed by atoms with Crippen molar-refractivity contribution in [3.63, 3.8) is 0 Å². The van der Waals surface area contributed by atoms with E-state index in [1.54, 1.807) is 5.38 Å². The molecule has 1 aromatic heterocycles. The molecule has 0 fully saturated rings. The van der Waals surface area contributed by atoms with Gasteiger partial charge in [0.25, 0.3) is 0 Å². The van der Waals surface area contributed by atoms with Crippen LogP contribution < -0.4 is 10.6 Å². The summed E-state index contributed by atoms with van der Waals surface area (Å²) in [6.45, 7) is 3.65. The molecule has 1 aromatic carbocycles. The van der Waals surface area contributed by atoms with Crippen molar-refractivity contribution in [3.05, 3.63) is 47.0 Å². The lowest BCUT2D eigenvalue weighted by molar-refractivity contribution is -0.136. The largest absolute Gasteiger partial charge is 0.341 e. The van der Waals surface area contributed by atoms with Gasteiger partial charge in [0.15, 0.2) is 5.13 Å². The van der Waals surface area contributed by atoms with Gasteiger partial charge in [-0.3, -0.25) is 14.9 Å². The van der Waals surface area contributed by atoms with E-state index in [-0.39, 0.29) is 6.04 Å². The molecule has 104 valence electrons. The maximum Gasteiger partial charge on any atom is 0.315 e. The Labute approximate surface area is 121 Å². The molecule has 1 atom stereocenters. The van der Waals surface area contributed by atoms with Crippen LogP contribution in [0.1, 0.15) is 24.2 Å². The molecular weight excluding hydrogens is 274 g/mol. The van der Waals surface area contributed by atoms with Crippen LogP contribution in [-0.2, 0) is 9.59 Å². The molecule has 0 bridgehead atoms. The van der Waals surface area contributed by atoms with Crippen LogP contribution in [0.2, 0.25) is 0 Å². The molecule has 0 aliphatic carbocycles. The van der Waals surface area contributed by atoms with Crippen LogP contribution in [0, 0.1) is 6.92 Å². The number of nitrogens with one attached hydrogen (secondary N) is 2. The Kier molecular flexibility index (Phi) is 4.47. The van der Waals surface area contributed by atoms with Crippen molar-refractivity contribution in [1.82, 2.24) is 10.3 Å². The van der Waals surface area contributed by atoms with Gasteiger partial charge in [0.1, 0.15) is 0 Å². The van der Waals surface area contributed by atoms with Gasteiger partial charge in [-0.15, -0.1) is 11.3 Å². The maximum atomic E-state index is 11.8. The highest BCUT2D eigenvalue weighted by atomic mass is 32.1. The summed E-state index contributed by atoms with van der Waals surface area (Å²) in [6.07, 6.45) is 0. The zero-order valence-electron chi connectivity index (χ0n) is 11.2. The molecule has 1 heterocycles. The van der Waals surface area contributed by atoms with Crippen molar-refractivity contribution in [2.24, 2.45) is 0 Å². The fraction of sp³-hybridized carbons (Fsp3) is 0.214. The third-order valence-corrected chi connectivity index (χ3v) is 3.57. The minimum Gasteiger partial charge on any atom is -0.341 e. The number of nitrogens with zero attached hydrogens (tertiary/aromatic N) is 1. The molecule has 0 spiro atoms. The molecule has 1 unspecified atom stereocenters. The zero-order valence-corrected chi connectivity index (χ0v) is 12.0. The highest BCUT2D eigenvalue weighted by Crippen LogP contribution is 2.14. The van der Waals surface area contributed by atoms with Crippen molar-refractivity contribution in [2.75, 3.05) is 5.32 Å². The molecule has 0 radical (unpaired) electrons. The smallest absolute Gasteiger partial charge is 0.315 e. The monoisotopic (exact) mass is 289 g/mol. The summed E-state index contributed by atoms with van der Waals surface area (Å²) in [6, 6.07) is 9.23. The molecule has 2 amide bonds. The van der Waals surface area contributed by atoms with E-state index in [0.717, 1.165) is 11.3 Å². The Hall–Kier alpha value is -2.21. The van der Waals surface area contributed by atoms with Crippen LogP contribution in [0.15, 0.2) is 35.7 Å². The standard InChI is InChI=1S/C14H15N3O2S/c1-9-8-20-14(15-9)17-13(19)12(18)16-10(2)11-6-4-3-5-7-11/h3-8,10H,1-2H3,(H,16,18)(H,15,17,19). The number of anilines is 1. The van der Waals surface area contributed by atoms with Crippen molar-refractivity contribution in [2.45, 2.75) is 19.9 Å². The second-order valence-electron chi connectivity index (χ2n) is 4.35. The van der Waals surface area contributed by atoms with Gasteiger partial charge >= 0.3 is 11.8 Å². The van der Waals surface area contributed by atoms with Gasteiger partial charge in [0.2, 0.25) is 0 Å². The average Bonchev–Trinajstić information content (AvgIpc) is 2.85. The number of carbonyl (C=O) groups excluding carboxylic acids is 2. The first-order valence-corrected chi connectivity index (χ1v) is 7.03. The number of aryl methyl sites for hydroxylation is 1. The Balaban J connectivity index is 1.93. The van der Waals surface area contributed by atoms with E-state index in [1.165, 1.54) is 11.3 Å². The van der Waals surface area contributed by atoms with Gasteiger partial charge in [-0.1, -0.05) is 30.3 Å². The fourth-order valence-electron chi connectivity index (χ4n) is 1.65. The van der Waals surface area contributed by atoms with Gasteiger partial charge < -0.3 is 5.32 Å². The predicted molar refractivity (Wildman–Crippen MR) is 78.5 cm³/mol. The van der Waals surface area contributed by atoms with E-state index in [0.29, 0.717) is 5.13 Å². The normalized spacial score (nSPS) is 11.7. The third-order valence-electron chi connectivity index (χ3n) is 2.69.